The second-order valence-electron chi connectivity index (χ2n) is 7.21. The van der Waals surface area contributed by atoms with Crippen LogP contribution in [0.3, 0.4) is 0 Å². The zero-order valence-electron chi connectivity index (χ0n) is 16.3. The zero-order chi connectivity index (χ0) is 22.0. The Hall–Kier alpha value is -3.16. The Morgan fingerprint density at radius 2 is 1.58 bits per heavy atom. The Balaban J connectivity index is 1.55. The molecule has 2 heterocycles. The summed E-state index contributed by atoms with van der Waals surface area (Å²) in [5.41, 5.74) is 1.65. The number of likely N-dealkylation sites (tertiary alicyclic amines) is 1. The summed E-state index contributed by atoms with van der Waals surface area (Å²) in [5, 5.41) is 12.5. The molecule has 8 heteroatoms. The monoisotopic (exact) mass is 454 g/mol. The molecule has 0 radical (unpaired) electrons. The van der Waals surface area contributed by atoms with Gasteiger partial charge >= 0.3 is 12.0 Å². The maximum atomic E-state index is 13.0. The lowest BCUT2D eigenvalue weighted by Crippen LogP contribution is -2.68. The van der Waals surface area contributed by atoms with Crippen molar-refractivity contribution in [3.63, 3.8) is 0 Å². The first kappa shape index (κ1) is 21.1. The molecule has 2 aromatic carbocycles. The fourth-order valence-electron chi connectivity index (χ4n) is 3.78. The Bertz CT molecular complexity index is 1060. The number of aliphatic carboxylic acids is 1. The molecule has 0 unspecified atom stereocenters. The van der Waals surface area contributed by atoms with E-state index in [-0.39, 0.29) is 6.42 Å². The number of nitrogens with zero attached hydrogens (tertiary/aromatic N) is 1. The molecule has 1 aliphatic rings. The summed E-state index contributed by atoms with van der Waals surface area (Å²) < 4.78 is 0.566. The summed E-state index contributed by atoms with van der Waals surface area (Å²) in [4.78, 5) is 39.3. The summed E-state index contributed by atoms with van der Waals surface area (Å²) in [6.45, 7) is 0. The van der Waals surface area contributed by atoms with E-state index in [0.717, 1.165) is 20.9 Å². The molecule has 2 N–H and O–H groups in total. The molecular formula is C23H19ClN2O4S. The number of carbonyl (C=O) groups is 3. The molecule has 6 nitrogen and oxygen atoms in total. The lowest BCUT2D eigenvalue weighted by Gasteiger charge is -2.43. The quantitative estimate of drug-likeness (QED) is 0.542. The van der Waals surface area contributed by atoms with Crippen LogP contribution in [0.4, 0.5) is 4.79 Å². The van der Waals surface area contributed by atoms with Gasteiger partial charge in [-0.15, -0.1) is 11.3 Å². The predicted molar refractivity (Wildman–Crippen MR) is 118 cm³/mol. The predicted octanol–water partition coefficient (Wildman–Crippen LogP) is 4.35. The molecule has 158 valence electrons. The molecule has 1 aromatic heterocycles. The molecule has 1 fully saturated rings. The van der Waals surface area contributed by atoms with Gasteiger partial charge in [0, 0.05) is 4.88 Å². The zero-order valence-corrected chi connectivity index (χ0v) is 17.8. The number of halogens is 1. The molecule has 1 aliphatic heterocycles. The summed E-state index contributed by atoms with van der Waals surface area (Å²) in [6.07, 6.45) is 0.234. The molecule has 1 saturated heterocycles. The van der Waals surface area contributed by atoms with Crippen LogP contribution in [0.15, 0.2) is 72.8 Å². The van der Waals surface area contributed by atoms with Crippen molar-refractivity contribution in [2.24, 2.45) is 5.92 Å². The number of thiophene rings is 1. The van der Waals surface area contributed by atoms with E-state index in [1.807, 2.05) is 60.7 Å². The van der Waals surface area contributed by atoms with Crippen LogP contribution in [0, 0.1) is 5.92 Å². The van der Waals surface area contributed by atoms with E-state index >= 15 is 0 Å². The van der Waals surface area contributed by atoms with Gasteiger partial charge in [0.25, 0.3) is 0 Å². The first-order chi connectivity index (χ1) is 15.0. The number of nitrogens with one attached hydrogen (secondary N) is 1. The number of urea groups is 1. The van der Waals surface area contributed by atoms with Crippen molar-refractivity contribution in [1.82, 2.24) is 10.2 Å². The van der Waals surface area contributed by atoms with Crippen LogP contribution in [0.5, 0.6) is 0 Å². The molecule has 0 spiro atoms. The highest BCUT2D eigenvalue weighted by molar-refractivity contribution is 7.16. The van der Waals surface area contributed by atoms with Crippen molar-refractivity contribution < 1.29 is 19.5 Å². The highest BCUT2D eigenvalue weighted by atomic mass is 35.5. The standard InChI is InChI=1S/C23H19ClN2O4S/c24-18-12-11-16(31-18)13-17-20(22(28)29)26(21(17)27)23(30)25-19(14-7-3-1-4-8-14)15-9-5-2-6-10-15/h1-12,17,19-20H,13H2,(H,25,30)(H,28,29)/t17-,20+/m1/s1. The normalized spacial score (nSPS) is 18.0. The van der Waals surface area contributed by atoms with Gasteiger partial charge in [-0.2, -0.15) is 0 Å². The molecule has 0 bridgehead atoms. The fraction of sp³-hybridized carbons (Fsp3) is 0.174. The summed E-state index contributed by atoms with van der Waals surface area (Å²) in [5.74, 6) is -2.52. The number of hydrogen-bond acceptors (Lipinski definition) is 4. The van der Waals surface area contributed by atoms with Crippen LogP contribution in [0.1, 0.15) is 22.0 Å². The number of rotatable bonds is 6. The highest BCUT2D eigenvalue weighted by Gasteiger charge is 2.55. The van der Waals surface area contributed by atoms with Gasteiger partial charge in [0.2, 0.25) is 5.91 Å². The molecule has 31 heavy (non-hydrogen) atoms. The molecule has 0 aliphatic carbocycles. The van der Waals surface area contributed by atoms with Crippen LogP contribution in [-0.2, 0) is 16.0 Å². The van der Waals surface area contributed by atoms with Gasteiger partial charge in [-0.25, -0.2) is 14.5 Å². The fourth-order valence-corrected chi connectivity index (χ4v) is 4.92. The van der Waals surface area contributed by atoms with Crippen LogP contribution in [0.25, 0.3) is 0 Å². The van der Waals surface area contributed by atoms with E-state index in [4.69, 9.17) is 11.6 Å². The summed E-state index contributed by atoms with van der Waals surface area (Å²) >= 11 is 7.23. The lowest BCUT2D eigenvalue weighted by atomic mass is 9.84. The van der Waals surface area contributed by atoms with Crippen molar-refractivity contribution in [2.75, 3.05) is 0 Å². The number of carbonyl (C=O) groups excluding carboxylic acids is 2. The number of imide groups is 1. The molecular weight excluding hydrogens is 436 g/mol. The van der Waals surface area contributed by atoms with E-state index in [2.05, 4.69) is 5.32 Å². The second kappa shape index (κ2) is 8.91. The van der Waals surface area contributed by atoms with E-state index < -0.39 is 35.9 Å². The van der Waals surface area contributed by atoms with Gasteiger partial charge < -0.3 is 10.4 Å². The van der Waals surface area contributed by atoms with Crippen LogP contribution in [-0.4, -0.2) is 34.0 Å². The van der Waals surface area contributed by atoms with Crippen molar-refractivity contribution in [1.29, 1.82) is 0 Å². The van der Waals surface area contributed by atoms with Crippen LogP contribution >= 0.6 is 22.9 Å². The van der Waals surface area contributed by atoms with E-state index in [9.17, 15) is 19.5 Å². The largest absolute Gasteiger partial charge is 0.480 e. The van der Waals surface area contributed by atoms with E-state index in [0.29, 0.717) is 4.34 Å². The van der Waals surface area contributed by atoms with Crippen LogP contribution < -0.4 is 5.32 Å². The average Bonchev–Trinajstić information content (AvgIpc) is 3.19. The van der Waals surface area contributed by atoms with Gasteiger partial charge in [0.1, 0.15) is 0 Å². The maximum absolute atomic E-state index is 13.0. The van der Waals surface area contributed by atoms with Gasteiger partial charge in [-0.1, -0.05) is 72.3 Å². The SMILES string of the molecule is O=C(O)[C@@H]1[C@@H](Cc2ccc(Cl)s2)C(=O)N1C(=O)NC(c1ccccc1)c1ccccc1. The minimum Gasteiger partial charge on any atom is -0.480 e. The van der Waals surface area contributed by atoms with Gasteiger partial charge in [-0.3, -0.25) is 4.79 Å². The Morgan fingerprint density at radius 1 is 1.00 bits per heavy atom. The Kier molecular flexibility index (Phi) is 6.06. The van der Waals surface area contributed by atoms with E-state index in [1.165, 1.54) is 11.3 Å². The summed E-state index contributed by atoms with van der Waals surface area (Å²) in [6, 6.07) is 19.6. The second-order valence-corrected chi connectivity index (χ2v) is 9.01. The van der Waals surface area contributed by atoms with Crippen molar-refractivity contribution in [3.05, 3.63) is 93.1 Å². The maximum Gasteiger partial charge on any atom is 0.327 e. The van der Waals surface area contributed by atoms with Gasteiger partial charge in [0.15, 0.2) is 6.04 Å². The van der Waals surface area contributed by atoms with E-state index in [1.54, 1.807) is 12.1 Å². The average molecular weight is 455 g/mol. The first-order valence-corrected chi connectivity index (χ1v) is 10.9. The molecule has 3 aromatic rings. The summed E-state index contributed by atoms with van der Waals surface area (Å²) in [7, 11) is 0. The van der Waals surface area contributed by atoms with Crippen LogP contribution in [0.2, 0.25) is 4.34 Å². The molecule has 4 rings (SSSR count). The minimum atomic E-state index is -1.22. The van der Waals surface area contributed by atoms with Gasteiger partial charge in [-0.05, 0) is 29.7 Å². The Labute approximate surface area is 188 Å². The smallest absolute Gasteiger partial charge is 0.327 e. The number of benzene rings is 2. The Morgan fingerprint density at radius 3 is 2.06 bits per heavy atom. The third-order valence-corrected chi connectivity index (χ3v) is 6.52. The number of hydrogen-bond donors (Lipinski definition) is 2. The van der Waals surface area contributed by atoms with Crippen molar-refractivity contribution in [3.8, 4) is 0 Å². The number of carboxylic acid groups (broad SMARTS) is 1. The van der Waals surface area contributed by atoms with Crippen molar-refractivity contribution in [2.45, 2.75) is 18.5 Å². The molecule has 0 saturated carbocycles. The molecule has 2 atom stereocenters. The number of β-lactam (4-membered cyclic amide) rings is 1. The highest BCUT2D eigenvalue weighted by Crippen LogP contribution is 2.34. The number of carboxylic acids is 1. The first-order valence-electron chi connectivity index (χ1n) is 9.66. The minimum absolute atomic E-state index is 0.234. The topological polar surface area (TPSA) is 86.7 Å². The van der Waals surface area contributed by atoms with Gasteiger partial charge in [0.05, 0.1) is 16.3 Å². The molecule has 3 amide bonds. The van der Waals surface area contributed by atoms with Crippen molar-refractivity contribution >= 4 is 40.8 Å². The lowest BCUT2D eigenvalue weighted by molar-refractivity contribution is -0.165. The third kappa shape index (κ3) is 4.33. The number of amides is 3. The third-order valence-electron chi connectivity index (χ3n) is 5.27.